The molecule has 3 heteroatoms. The zero-order valence-corrected chi connectivity index (χ0v) is 13.2. The van der Waals surface area contributed by atoms with Crippen molar-refractivity contribution in [1.82, 2.24) is 4.90 Å². The van der Waals surface area contributed by atoms with Gasteiger partial charge in [-0.25, -0.2) is 0 Å². The van der Waals surface area contributed by atoms with Crippen molar-refractivity contribution < 1.29 is 9.53 Å². The second kappa shape index (κ2) is 7.26. The van der Waals surface area contributed by atoms with Crippen LogP contribution >= 0.6 is 0 Å². The molecule has 0 aromatic carbocycles. The van der Waals surface area contributed by atoms with E-state index in [1.54, 1.807) is 0 Å². The molecule has 0 N–H and O–H groups in total. The van der Waals surface area contributed by atoms with Gasteiger partial charge in [-0.3, -0.25) is 9.69 Å². The zero-order valence-electron chi connectivity index (χ0n) is 13.2. The Kier molecular flexibility index (Phi) is 5.64. The van der Waals surface area contributed by atoms with Gasteiger partial charge >= 0.3 is 5.97 Å². The number of ether oxygens (including phenoxy) is 1. The van der Waals surface area contributed by atoms with Crippen LogP contribution in [0, 0.1) is 17.8 Å². The third-order valence-electron chi connectivity index (χ3n) is 4.84. The van der Waals surface area contributed by atoms with E-state index < -0.39 is 0 Å². The van der Waals surface area contributed by atoms with Gasteiger partial charge < -0.3 is 4.74 Å². The van der Waals surface area contributed by atoms with Crippen molar-refractivity contribution in [3.63, 3.8) is 0 Å². The first-order valence-corrected chi connectivity index (χ1v) is 8.11. The molecule has 20 heavy (non-hydrogen) atoms. The van der Waals surface area contributed by atoms with E-state index in [0.29, 0.717) is 30.9 Å². The number of esters is 1. The fraction of sp³-hybridized carbons (Fsp3) is 0.824. The highest BCUT2D eigenvalue weighted by molar-refractivity contribution is 5.71. The maximum Gasteiger partial charge on any atom is 0.320 e. The molecule has 3 atom stereocenters. The molecule has 114 valence electrons. The Labute approximate surface area is 123 Å². The van der Waals surface area contributed by atoms with Gasteiger partial charge in [-0.1, -0.05) is 31.9 Å². The number of carbonyl (C=O) groups excluding carboxylic acids is 1. The Morgan fingerprint density at radius 2 is 2.00 bits per heavy atom. The Hall–Kier alpha value is -0.830. The topological polar surface area (TPSA) is 29.5 Å². The lowest BCUT2D eigenvalue weighted by Gasteiger charge is -2.33. The van der Waals surface area contributed by atoms with Crippen LogP contribution in [-0.4, -0.2) is 37.1 Å². The van der Waals surface area contributed by atoms with Crippen molar-refractivity contribution >= 4 is 5.97 Å². The van der Waals surface area contributed by atoms with Crippen LogP contribution in [0.4, 0.5) is 0 Å². The SMILES string of the molecule is CC1=C[C@H](C)[C@H](COC(=O)CN2CCCCC2)[C@H](C)C1. The molecule has 0 radical (unpaired) electrons. The Bertz CT molecular complexity index is 358. The van der Waals surface area contributed by atoms with Crippen molar-refractivity contribution in [2.75, 3.05) is 26.2 Å². The zero-order chi connectivity index (χ0) is 14.5. The summed E-state index contributed by atoms with van der Waals surface area (Å²) < 4.78 is 5.55. The molecular weight excluding hydrogens is 250 g/mol. The minimum atomic E-state index is -0.0439. The Morgan fingerprint density at radius 3 is 2.65 bits per heavy atom. The summed E-state index contributed by atoms with van der Waals surface area (Å²) in [6.45, 7) is 9.87. The number of nitrogens with zero attached hydrogens (tertiary/aromatic N) is 1. The van der Waals surface area contributed by atoms with Gasteiger partial charge in [0.15, 0.2) is 0 Å². The van der Waals surface area contributed by atoms with Crippen molar-refractivity contribution in [2.24, 2.45) is 17.8 Å². The highest BCUT2D eigenvalue weighted by Gasteiger charge is 2.28. The van der Waals surface area contributed by atoms with Gasteiger partial charge in [0.2, 0.25) is 0 Å². The second-order valence-electron chi connectivity index (χ2n) is 6.74. The van der Waals surface area contributed by atoms with Crippen LogP contribution in [0.15, 0.2) is 11.6 Å². The summed E-state index contributed by atoms with van der Waals surface area (Å²) in [5.41, 5.74) is 1.47. The van der Waals surface area contributed by atoms with Crippen molar-refractivity contribution in [1.29, 1.82) is 0 Å². The predicted molar refractivity (Wildman–Crippen MR) is 81.4 cm³/mol. The standard InChI is InChI=1S/C17H29NO2/c1-13-9-14(2)16(15(3)10-13)12-20-17(19)11-18-7-5-4-6-8-18/h9,14-16H,4-8,10-12H2,1-3H3/t14-,15+,16-/m0/s1. The van der Waals surface area contributed by atoms with Gasteiger partial charge in [-0.15, -0.1) is 0 Å². The first-order valence-electron chi connectivity index (χ1n) is 8.11. The maximum absolute atomic E-state index is 12.0. The minimum Gasteiger partial charge on any atom is -0.464 e. The maximum atomic E-state index is 12.0. The lowest BCUT2D eigenvalue weighted by molar-refractivity contribution is -0.147. The summed E-state index contributed by atoms with van der Waals surface area (Å²) in [5.74, 6) is 1.56. The monoisotopic (exact) mass is 279 g/mol. The molecular formula is C17H29NO2. The normalized spacial score (nSPS) is 31.8. The van der Waals surface area contributed by atoms with Crippen molar-refractivity contribution in [2.45, 2.75) is 46.5 Å². The van der Waals surface area contributed by atoms with E-state index in [9.17, 15) is 4.79 Å². The second-order valence-corrected chi connectivity index (χ2v) is 6.74. The number of carbonyl (C=O) groups is 1. The molecule has 2 rings (SSSR count). The van der Waals surface area contributed by atoms with Crippen LogP contribution < -0.4 is 0 Å². The predicted octanol–water partition coefficient (Wildman–Crippen LogP) is 3.25. The van der Waals surface area contributed by atoms with E-state index in [4.69, 9.17) is 4.74 Å². The molecule has 1 heterocycles. The minimum absolute atomic E-state index is 0.0439. The summed E-state index contributed by atoms with van der Waals surface area (Å²) in [6, 6.07) is 0. The molecule has 1 fully saturated rings. The van der Waals surface area contributed by atoms with Gasteiger partial charge in [-0.2, -0.15) is 0 Å². The van der Waals surface area contributed by atoms with E-state index in [1.807, 2.05) is 0 Å². The first kappa shape index (κ1) is 15.6. The van der Waals surface area contributed by atoms with E-state index in [2.05, 4.69) is 31.7 Å². The van der Waals surface area contributed by atoms with E-state index in [-0.39, 0.29) is 5.97 Å². The smallest absolute Gasteiger partial charge is 0.320 e. The summed E-state index contributed by atoms with van der Waals surface area (Å²) in [4.78, 5) is 14.2. The molecule has 0 spiro atoms. The van der Waals surface area contributed by atoms with Crippen LogP contribution in [0.25, 0.3) is 0 Å². The molecule has 0 saturated carbocycles. The number of allylic oxidation sites excluding steroid dienone is 2. The molecule has 0 amide bonds. The number of hydrogen-bond acceptors (Lipinski definition) is 3. The van der Waals surface area contributed by atoms with Crippen LogP contribution in [0.2, 0.25) is 0 Å². The first-order chi connectivity index (χ1) is 9.56. The van der Waals surface area contributed by atoms with Crippen LogP contribution in [0.3, 0.4) is 0 Å². The van der Waals surface area contributed by atoms with E-state index in [0.717, 1.165) is 19.5 Å². The van der Waals surface area contributed by atoms with Gasteiger partial charge in [-0.05, 0) is 51.1 Å². The third-order valence-corrected chi connectivity index (χ3v) is 4.84. The Morgan fingerprint density at radius 1 is 1.30 bits per heavy atom. The lowest BCUT2D eigenvalue weighted by atomic mass is 9.75. The van der Waals surface area contributed by atoms with Gasteiger partial charge in [0, 0.05) is 5.92 Å². The molecule has 1 aliphatic carbocycles. The molecule has 0 aromatic rings. The van der Waals surface area contributed by atoms with Crippen molar-refractivity contribution in [3.8, 4) is 0 Å². The fourth-order valence-electron chi connectivity index (χ4n) is 3.67. The average molecular weight is 279 g/mol. The third kappa shape index (κ3) is 4.34. The number of piperidine rings is 1. The summed E-state index contributed by atoms with van der Waals surface area (Å²) >= 11 is 0. The van der Waals surface area contributed by atoms with E-state index in [1.165, 1.54) is 24.8 Å². The molecule has 0 aromatic heterocycles. The van der Waals surface area contributed by atoms with Gasteiger partial charge in [0.05, 0.1) is 13.2 Å². The quantitative estimate of drug-likeness (QED) is 0.584. The summed E-state index contributed by atoms with van der Waals surface area (Å²) in [6.07, 6.45) is 7.21. The highest BCUT2D eigenvalue weighted by atomic mass is 16.5. The van der Waals surface area contributed by atoms with Crippen LogP contribution in [0.1, 0.15) is 46.5 Å². The van der Waals surface area contributed by atoms with E-state index >= 15 is 0 Å². The lowest BCUT2D eigenvalue weighted by Crippen LogP contribution is -2.36. The van der Waals surface area contributed by atoms with Gasteiger partial charge in [0.25, 0.3) is 0 Å². The molecule has 2 aliphatic rings. The average Bonchev–Trinajstić information content (AvgIpc) is 2.38. The summed E-state index contributed by atoms with van der Waals surface area (Å²) in [5, 5.41) is 0. The highest BCUT2D eigenvalue weighted by Crippen LogP contribution is 2.33. The van der Waals surface area contributed by atoms with Crippen molar-refractivity contribution in [3.05, 3.63) is 11.6 Å². The van der Waals surface area contributed by atoms with Crippen LogP contribution in [-0.2, 0) is 9.53 Å². The molecule has 1 saturated heterocycles. The molecule has 3 nitrogen and oxygen atoms in total. The van der Waals surface area contributed by atoms with Crippen LogP contribution in [0.5, 0.6) is 0 Å². The van der Waals surface area contributed by atoms with Gasteiger partial charge in [0.1, 0.15) is 0 Å². The molecule has 1 aliphatic heterocycles. The number of rotatable bonds is 4. The largest absolute Gasteiger partial charge is 0.464 e. The Balaban J connectivity index is 1.75. The summed E-state index contributed by atoms with van der Waals surface area (Å²) in [7, 11) is 0. The molecule has 0 bridgehead atoms. The molecule has 0 unspecified atom stereocenters. The number of likely N-dealkylation sites (tertiary alicyclic amines) is 1. The fourth-order valence-corrected chi connectivity index (χ4v) is 3.67. The number of hydrogen-bond donors (Lipinski definition) is 0.